The molecule has 116 valence electrons. The molecule has 0 saturated carbocycles. The van der Waals surface area contributed by atoms with Crippen LogP contribution in [-0.4, -0.2) is 47.5 Å². The highest BCUT2D eigenvalue weighted by Gasteiger charge is 2.17. The number of nitrogens with one attached hydrogen (secondary N) is 2. The number of rotatable bonds is 6. The monoisotopic (exact) mass is 291 g/mol. The lowest BCUT2D eigenvalue weighted by Gasteiger charge is -2.16. The molecule has 21 heavy (non-hydrogen) atoms. The molecule has 2 heterocycles. The molecule has 1 aliphatic rings. The van der Waals surface area contributed by atoms with Crippen LogP contribution < -0.4 is 10.6 Å². The fourth-order valence-electron chi connectivity index (χ4n) is 2.55. The Bertz CT molecular complexity index is 497. The van der Waals surface area contributed by atoms with E-state index in [2.05, 4.69) is 20.6 Å². The Morgan fingerprint density at radius 3 is 2.52 bits per heavy atom. The third-order valence-corrected chi connectivity index (χ3v) is 3.84. The summed E-state index contributed by atoms with van der Waals surface area (Å²) in [6.45, 7) is 6.45. The number of hydrogen-bond donors (Lipinski definition) is 2. The number of aryl methyl sites for hydroxylation is 1. The van der Waals surface area contributed by atoms with Crippen LogP contribution in [0.15, 0.2) is 0 Å². The molecule has 1 saturated heterocycles. The summed E-state index contributed by atoms with van der Waals surface area (Å²) in [5.41, 5.74) is 0.989. The first-order chi connectivity index (χ1) is 10.2. The van der Waals surface area contributed by atoms with Crippen LogP contribution in [0.4, 0.5) is 11.6 Å². The van der Waals surface area contributed by atoms with Crippen LogP contribution >= 0.6 is 0 Å². The molecule has 0 atom stereocenters. The van der Waals surface area contributed by atoms with Crippen LogP contribution in [0, 0.1) is 6.92 Å². The first-order valence-corrected chi connectivity index (χ1v) is 7.72. The van der Waals surface area contributed by atoms with Crippen molar-refractivity contribution in [3.05, 3.63) is 11.4 Å². The average Bonchev–Trinajstić information content (AvgIpc) is 3.03. The van der Waals surface area contributed by atoms with Crippen LogP contribution in [0.5, 0.6) is 0 Å². The molecule has 0 aliphatic carbocycles. The van der Waals surface area contributed by atoms with Crippen molar-refractivity contribution in [1.29, 1.82) is 0 Å². The van der Waals surface area contributed by atoms with E-state index in [1.165, 1.54) is 0 Å². The van der Waals surface area contributed by atoms with Gasteiger partial charge in [-0.05, 0) is 19.8 Å². The van der Waals surface area contributed by atoms with Gasteiger partial charge in [-0.3, -0.25) is 4.79 Å². The number of amides is 1. The SMILES string of the molecule is CCc1nc(NC)c(C)c(NCCC(=O)N2CCCC2)n1. The Balaban J connectivity index is 1.94. The zero-order valence-electron chi connectivity index (χ0n) is 13.2. The molecule has 1 amide bonds. The third-order valence-electron chi connectivity index (χ3n) is 3.84. The summed E-state index contributed by atoms with van der Waals surface area (Å²) >= 11 is 0. The maximum absolute atomic E-state index is 12.0. The van der Waals surface area contributed by atoms with Gasteiger partial charge >= 0.3 is 0 Å². The van der Waals surface area contributed by atoms with Gasteiger partial charge in [0.25, 0.3) is 0 Å². The molecule has 0 radical (unpaired) electrons. The van der Waals surface area contributed by atoms with E-state index in [1.807, 2.05) is 25.8 Å². The van der Waals surface area contributed by atoms with Crippen molar-refractivity contribution in [1.82, 2.24) is 14.9 Å². The van der Waals surface area contributed by atoms with Gasteiger partial charge in [-0.2, -0.15) is 0 Å². The highest BCUT2D eigenvalue weighted by Crippen LogP contribution is 2.19. The van der Waals surface area contributed by atoms with E-state index in [9.17, 15) is 4.79 Å². The first kappa shape index (κ1) is 15.5. The summed E-state index contributed by atoms with van der Waals surface area (Å²) < 4.78 is 0. The van der Waals surface area contributed by atoms with Gasteiger partial charge in [0.1, 0.15) is 17.5 Å². The van der Waals surface area contributed by atoms with E-state index < -0.39 is 0 Å². The molecule has 1 aromatic heterocycles. The first-order valence-electron chi connectivity index (χ1n) is 7.72. The van der Waals surface area contributed by atoms with Crippen LogP contribution in [0.1, 0.15) is 37.6 Å². The predicted octanol–water partition coefficient (Wildman–Crippen LogP) is 1.81. The second-order valence-electron chi connectivity index (χ2n) is 5.33. The van der Waals surface area contributed by atoms with E-state index in [-0.39, 0.29) is 5.91 Å². The number of anilines is 2. The quantitative estimate of drug-likeness (QED) is 0.836. The van der Waals surface area contributed by atoms with Gasteiger partial charge in [0.2, 0.25) is 5.91 Å². The third kappa shape index (κ3) is 3.83. The van der Waals surface area contributed by atoms with Gasteiger partial charge in [0.15, 0.2) is 0 Å². The van der Waals surface area contributed by atoms with Gasteiger partial charge < -0.3 is 15.5 Å². The lowest BCUT2D eigenvalue weighted by molar-refractivity contribution is -0.129. The number of carbonyl (C=O) groups is 1. The van der Waals surface area contributed by atoms with Crippen LogP contribution in [0.25, 0.3) is 0 Å². The summed E-state index contributed by atoms with van der Waals surface area (Å²) in [7, 11) is 1.86. The van der Waals surface area contributed by atoms with Gasteiger partial charge in [-0.15, -0.1) is 0 Å². The topological polar surface area (TPSA) is 70.2 Å². The molecule has 1 aromatic rings. The van der Waals surface area contributed by atoms with Crippen molar-refractivity contribution >= 4 is 17.5 Å². The summed E-state index contributed by atoms with van der Waals surface area (Å²) in [4.78, 5) is 22.9. The fraction of sp³-hybridized carbons (Fsp3) is 0.667. The van der Waals surface area contributed by atoms with Crippen LogP contribution in [0.3, 0.4) is 0 Å². The average molecular weight is 291 g/mol. The van der Waals surface area contributed by atoms with Gasteiger partial charge in [0.05, 0.1) is 0 Å². The smallest absolute Gasteiger partial charge is 0.224 e. The van der Waals surface area contributed by atoms with Crippen molar-refractivity contribution in [2.24, 2.45) is 0 Å². The van der Waals surface area contributed by atoms with E-state index in [0.29, 0.717) is 13.0 Å². The summed E-state index contributed by atoms with van der Waals surface area (Å²) in [5.74, 6) is 2.70. The molecular formula is C15H25N5O. The van der Waals surface area contributed by atoms with E-state index in [0.717, 1.165) is 55.4 Å². The maximum Gasteiger partial charge on any atom is 0.224 e. The van der Waals surface area contributed by atoms with Crippen LogP contribution in [0.2, 0.25) is 0 Å². The molecule has 0 unspecified atom stereocenters. The predicted molar refractivity (Wildman–Crippen MR) is 84.6 cm³/mol. The minimum absolute atomic E-state index is 0.233. The largest absolute Gasteiger partial charge is 0.373 e. The number of hydrogen-bond acceptors (Lipinski definition) is 5. The molecule has 0 spiro atoms. The molecule has 0 bridgehead atoms. The second kappa shape index (κ2) is 7.24. The van der Waals surface area contributed by atoms with Crippen molar-refractivity contribution < 1.29 is 4.79 Å². The minimum atomic E-state index is 0.233. The Morgan fingerprint density at radius 1 is 1.24 bits per heavy atom. The van der Waals surface area contributed by atoms with Crippen LogP contribution in [-0.2, 0) is 11.2 Å². The molecule has 6 heteroatoms. The molecule has 1 aliphatic heterocycles. The van der Waals surface area contributed by atoms with Crippen molar-refractivity contribution in [3.8, 4) is 0 Å². The summed E-state index contributed by atoms with van der Waals surface area (Å²) in [5, 5.41) is 6.37. The Morgan fingerprint density at radius 2 is 1.90 bits per heavy atom. The summed E-state index contributed by atoms with van der Waals surface area (Å²) in [6, 6.07) is 0. The van der Waals surface area contributed by atoms with Gasteiger partial charge in [0, 0.05) is 45.1 Å². The number of carbonyl (C=O) groups excluding carboxylic acids is 1. The molecule has 2 rings (SSSR count). The lowest BCUT2D eigenvalue weighted by Crippen LogP contribution is -2.29. The van der Waals surface area contributed by atoms with Gasteiger partial charge in [-0.25, -0.2) is 9.97 Å². The number of aromatic nitrogens is 2. The Hall–Kier alpha value is -1.85. The lowest BCUT2D eigenvalue weighted by atomic mass is 10.2. The molecule has 6 nitrogen and oxygen atoms in total. The standard InChI is InChI=1S/C15H25N5O/c1-4-12-18-14(16-3)11(2)15(19-12)17-8-7-13(21)20-9-5-6-10-20/h4-10H2,1-3H3,(H2,16,17,18,19). The highest BCUT2D eigenvalue weighted by atomic mass is 16.2. The fourth-order valence-corrected chi connectivity index (χ4v) is 2.55. The summed E-state index contributed by atoms with van der Waals surface area (Å²) in [6.07, 6.45) is 3.57. The van der Waals surface area contributed by atoms with E-state index >= 15 is 0 Å². The second-order valence-corrected chi connectivity index (χ2v) is 5.33. The molecule has 2 N–H and O–H groups in total. The minimum Gasteiger partial charge on any atom is -0.373 e. The zero-order valence-corrected chi connectivity index (χ0v) is 13.2. The van der Waals surface area contributed by atoms with E-state index in [4.69, 9.17) is 0 Å². The van der Waals surface area contributed by atoms with Crippen molar-refractivity contribution in [2.45, 2.75) is 39.5 Å². The number of likely N-dealkylation sites (tertiary alicyclic amines) is 1. The van der Waals surface area contributed by atoms with Gasteiger partial charge in [-0.1, -0.05) is 6.92 Å². The maximum atomic E-state index is 12.0. The molecule has 1 fully saturated rings. The Kier molecular flexibility index (Phi) is 5.36. The Labute approximate surface area is 126 Å². The number of nitrogens with zero attached hydrogens (tertiary/aromatic N) is 3. The normalized spacial score (nSPS) is 14.3. The van der Waals surface area contributed by atoms with E-state index in [1.54, 1.807) is 0 Å². The van der Waals surface area contributed by atoms with Crippen molar-refractivity contribution in [3.63, 3.8) is 0 Å². The molecular weight excluding hydrogens is 266 g/mol. The highest BCUT2D eigenvalue weighted by molar-refractivity contribution is 5.77. The molecule has 0 aromatic carbocycles. The van der Waals surface area contributed by atoms with Crippen molar-refractivity contribution in [2.75, 3.05) is 37.3 Å². The zero-order chi connectivity index (χ0) is 15.2.